The Kier molecular flexibility index (Phi) is 7.92. The molecule has 0 radical (unpaired) electrons. The number of rotatable bonds is 10. The highest BCUT2D eigenvalue weighted by Gasteiger charge is 2.29. The largest absolute Gasteiger partial charge is 0.497 e. The molecular weight excluding hydrogens is 434 g/mol. The molecule has 0 heterocycles. The summed E-state index contributed by atoms with van der Waals surface area (Å²) in [5, 5.41) is 8.59. The first-order valence-corrected chi connectivity index (χ1v) is 11.7. The summed E-state index contributed by atoms with van der Waals surface area (Å²) in [6.07, 6.45) is -0.254. The van der Waals surface area contributed by atoms with E-state index < -0.39 is 26.0 Å². The van der Waals surface area contributed by atoms with Crippen molar-refractivity contribution in [2.45, 2.75) is 29.6 Å². The fourth-order valence-electron chi connectivity index (χ4n) is 2.43. The molecule has 0 fully saturated rings. The summed E-state index contributed by atoms with van der Waals surface area (Å²) in [4.78, 5) is 13.0. The van der Waals surface area contributed by atoms with Crippen LogP contribution >= 0.6 is 0 Å². The number of aryl methyl sites for hydroxylation is 1. The van der Waals surface area contributed by atoms with Gasteiger partial charge in [0.15, 0.2) is 0 Å². The lowest BCUT2D eigenvalue weighted by Crippen LogP contribution is -2.46. The van der Waals surface area contributed by atoms with Crippen molar-refractivity contribution in [1.29, 1.82) is 0 Å². The van der Waals surface area contributed by atoms with E-state index in [0.717, 1.165) is 5.56 Å². The van der Waals surface area contributed by atoms with Crippen molar-refractivity contribution < 1.29 is 31.6 Å². The lowest BCUT2D eigenvalue weighted by Gasteiger charge is -2.23. The lowest BCUT2D eigenvalue weighted by atomic mass is 10.2. The van der Waals surface area contributed by atoms with Crippen LogP contribution in [0.25, 0.3) is 0 Å². The smallest absolute Gasteiger partial charge is 0.256 e. The van der Waals surface area contributed by atoms with Crippen LogP contribution in [0.4, 0.5) is 0 Å². The quantitative estimate of drug-likeness (QED) is 0.359. The standard InChI is InChI=1S/C18H23N3O7S2/c1-14-5-9-16(10-6-14)29(24,25)20-21(13-3-4-18(22)19-23)30(26,27)17-11-7-15(28-2)8-12-17/h5-12,20,23H,3-4,13H2,1-2H3,(H,19,22). The van der Waals surface area contributed by atoms with Crippen LogP contribution in [0.1, 0.15) is 18.4 Å². The second-order valence-corrected chi connectivity index (χ2v) is 9.82. The van der Waals surface area contributed by atoms with Gasteiger partial charge in [-0.3, -0.25) is 10.0 Å². The molecule has 0 saturated heterocycles. The number of sulfonamides is 2. The number of hydrogen-bond acceptors (Lipinski definition) is 7. The van der Waals surface area contributed by atoms with E-state index in [9.17, 15) is 21.6 Å². The molecule has 2 aromatic rings. The fraction of sp³-hybridized carbons (Fsp3) is 0.278. The number of amides is 1. The molecule has 2 aromatic carbocycles. The van der Waals surface area contributed by atoms with Crippen LogP contribution in [0.15, 0.2) is 58.3 Å². The van der Waals surface area contributed by atoms with E-state index >= 15 is 0 Å². The van der Waals surface area contributed by atoms with E-state index in [4.69, 9.17) is 9.94 Å². The Bertz CT molecular complexity index is 1070. The van der Waals surface area contributed by atoms with Gasteiger partial charge in [-0.05, 0) is 49.7 Å². The first-order valence-electron chi connectivity index (χ1n) is 8.79. The maximum Gasteiger partial charge on any atom is 0.256 e. The second kappa shape index (κ2) is 10.00. The third kappa shape index (κ3) is 6.00. The molecule has 164 valence electrons. The van der Waals surface area contributed by atoms with Gasteiger partial charge in [-0.25, -0.2) is 22.3 Å². The Morgan fingerprint density at radius 2 is 1.57 bits per heavy atom. The van der Waals surface area contributed by atoms with Crippen molar-refractivity contribution in [2.24, 2.45) is 0 Å². The number of nitrogens with one attached hydrogen (secondary N) is 2. The summed E-state index contributed by atoms with van der Waals surface area (Å²) in [5.41, 5.74) is 2.28. The van der Waals surface area contributed by atoms with Crippen molar-refractivity contribution >= 4 is 26.0 Å². The Labute approximate surface area is 175 Å². The maximum absolute atomic E-state index is 13.0. The molecule has 0 aromatic heterocycles. The minimum absolute atomic E-state index is 0.0435. The van der Waals surface area contributed by atoms with Crippen LogP contribution < -0.4 is 15.0 Å². The van der Waals surface area contributed by atoms with E-state index in [1.807, 2.05) is 0 Å². The van der Waals surface area contributed by atoms with Crippen molar-refractivity contribution in [3.63, 3.8) is 0 Å². The van der Waals surface area contributed by atoms with E-state index in [2.05, 4.69) is 4.83 Å². The zero-order chi connectivity index (χ0) is 22.4. The van der Waals surface area contributed by atoms with Crippen molar-refractivity contribution in [1.82, 2.24) is 14.7 Å². The number of hydroxylamine groups is 1. The molecule has 0 aliphatic heterocycles. The van der Waals surface area contributed by atoms with Gasteiger partial charge in [0.2, 0.25) is 5.91 Å². The number of nitrogens with zero attached hydrogens (tertiary/aromatic N) is 1. The fourth-order valence-corrected chi connectivity index (χ4v) is 5.18. The Balaban J connectivity index is 2.35. The molecule has 12 heteroatoms. The molecule has 0 aliphatic rings. The van der Waals surface area contributed by atoms with Gasteiger partial charge in [-0.2, -0.15) is 0 Å². The van der Waals surface area contributed by atoms with Gasteiger partial charge in [0.1, 0.15) is 5.75 Å². The van der Waals surface area contributed by atoms with Crippen LogP contribution in [0, 0.1) is 6.92 Å². The van der Waals surface area contributed by atoms with Gasteiger partial charge in [-0.15, -0.1) is 9.25 Å². The SMILES string of the molecule is COc1ccc(S(=O)(=O)N(CCCC(=O)NO)NS(=O)(=O)c2ccc(C)cc2)cc1. The molecule has 0 aliphatic carbocycles. The van der Waals surface area contributed by atoms with E-state index in [1.54, 1.807) is 19.1 Å². The highest BCUT2D eigenvalue weighted by molar-refractivity contribution is 7.92. The van der Waals surface area contributed by atoms with Gasteiger partial charge in [0, 0.05) is 13.0 Å². The maximum atomic E-state index is 13.0. The second-order valence-electron chi connectivity index (χ2n) is 6.30. The predicted molar refractivity (Wildman–Crippen MR) is 108 cm³/mol. The van der Waals surface area contributed by atoms with Crippen molar-refractivity contribution in [3.8, 4) is 5.75 Å². The number of hydrazine groups is 1. The highest BCUT2D eigenvalue weighted by atomic mass is 32.2. The predicted octanol–water partition coefficient (Wildman–Crippen LogP) is 1.17. The van der Waals surface area contributed by atoms with Crippen molar-refractivity contribution in [2.75, 3.05) is 13.7 Å². The number of hydrogen-bond donors (Lipinski definition) is 3. The van der Waals surface area contributed by atoms with Gasteiger partial charge < -0.3 is 4.74 Å². The summed E-state index contributed by atoms with van der Waals surface area (Å²) in [6.45, 7) is 1.45. The molecule has 0 unspecified atom stereocenters. The van der Waals surface area contributed by atoms with E-state index in [-0.39, 0.29) is 29.2 Å². The third-order valence-corrected chi connectivity index (χ3v) is 7.28. The van der Waals surface area contributed by atoms with Gasteiger partial charge in [0.05, 0.1) is 16.9 Å². The molecular formula is C18H23N3O7S2. The average Bonchev–Trinajstić information content (AvgIpc) is 2.73. The van der Waals surface area contributed by atoms with Crippen molar-refractivity contribution in [3.05, 3.63) is 54.1 Å². The molecule has 10 nitrogen and oxygen atoms in total. The number of methoxy groups -OCH3 is 1. The minimum Gasteiger partial charge on any atom is -0.497 e. The molecule has 0 spiro atoms. The molecule has 0 saturated carbocycles. The lowest BCUT2D eigenvalue weighted by molar-refractivity contribution is -0.129. The van der Waals surface area contributed by atoms with Crippen LogP contribution in [0.2, 0.25) is 0 Å². The zero-order valence-electron chi connectivity index (χ0n) is 16.4. The van der Waals surface area contributed by atoms with Gasteiger partial charge in [-0.1, -0.05) is 17.7 Å². The molecule has 3 N–H and O–H groups in total. The molecule has 2 rings (SSSR count). The highest BCUT2D eigenvalue weighted by Crippen LogP contribution is 2.20. The number of benzene rings is 2. The molecule has 0 bridgehead atoms. The normalized spacial score (nSPS) is 12.0. The first-order chi connectivity index (χ1) is 14.1. The van der Waals surface area contributed by atoms with E-state index in [1.165, 1.54) is 49.0 Å². The van der Waals surface area contributed by atoms with Crippen LogP contribution in [-0.4, -0.2) is 46.0 Å². The molecule has 30 heavy (non-hydrogen) atoms. The summed E-state index contributed by atoms with van der Waals surface area (Å²) in [7, 11) is -7.07. The van der Waals surface area contributed by atoms with Crippen LogP contribution in [0.3, 0.4) is 0 Å². The third-order valence-electron chi connectivity index (χ3n) is 4.09. The molecule has 0 atom stereocenters. The van der Waals surface area contributed by atoms with Gasteiger partial charge in [0.25, 0.3) is 20.0 Å². The minimum atomic E-state index is -4.29. The molecule has 1 amide bonds. The van der Waals surface area contributed by atoms with Crippen LogP contribution in [-0.2, 0) is 24.8 Å². The first kappa shape index (κ1) is 23.8. The van der Waals surface area contributed by atoms with Gasteiger partial charge >= 0.3 is 0 Å². The summed E-state index contributed by atoms with van der Waals surface area (Å²) >= 11 is 0. The Morgan fingerprint density at radius 3 is 2.10 bits per heavy atom. The number of carbonyl (C=O) groups excluding carboxylic acids is 1. The average molecular weight is 458 g/mol. The zero-order valence-corrected chi connectivity index (χ0v) is 18.0. The summed E-state index contributed by atoms with van der Waals surface area (Å²) in [6, 6.07) is 11.3. The number of carbonyl (C=O) groups is 1. The Morgan fingerprint density at radius 1 is 1.00 bits per heavy atom. The van der Waals surface area contributed by atoms with Crippen LogP contribution in [0.5, 0.6) is 5.75 Å². The number of ether oxygens (including phenoxy) is 1. The Hall–Kier alpha value is -2.51. The summed E-state index contributed by atoms with van der Waals surface area (Å²) < 4.78 is 57.1. The van der Waals surface area contributed by atoms with E-state index in [0.29, 0.717) is 10.2 Å². The summed E-state index contributed by atoms with van der Waals surface area (Å²) in [5.74, 6) is -0.293. The monoisotopic (exact) mass is 457 g/mol. The topological polar surface area (TPSA) is 142 Å².